The van der Waals surface area contributed by atoms with Crippen molar-refractivity contribution >= 4 is 39.1 Å². The van der Waals surface area contributed by atoms with E-state index in [-0.39, 0.29) is 24.2 Å². The quantitative estimate of drug-likeness (QED) is 0.792. The molecule has 0 bridgehead atoms. The van der Waals surface area contributed by atoms with Gasteiger partial charge in [0, 0.05) is 28.8 Å². The lowest BCUT2D eigenvalue weighted by molar-refractivity contribution is -0.122. The number of anilines is 2. The molecule has 1 heterocycles. The van der Waals surface area contributed by atoms with E-state index >= 15 is 0 Å². The van der Waals surface area contributed by atoms with Crippen molar-refractivity contribution in [2.45, 2.75) is 33.6 Å². The molecule has 1 saturated heterocycles. The van der Waals surface area contributed by atoms with Crippen molar-refractivity contribution in [3.8, 4) is 0 Å². The first-order chi connectivity index (χ1) is 12.4. The summed E-state index contributed by atoms with van der Waals surface area (Å²) >= 11 is 3.50. The molecule has 1 aliphatic heterocycles. The number of halogens is 1. The first-order valence-corrected chi connectivity index (χ1v) is 9.65. The van der Waals surface area contributed by atoms with Crippen molar-refractivity contribution in [1.82, 2.24) is 0 Å². The molecular formula is C21H23BrN2O2. The van der Waals surface area contributed by atoms with Gasteiger partial charge in [-0.25, -0.2) is 0 Å². The lowest BCUT2D eigenvalue weighted by atomic mass is 10.0. The monoisotopic (exact) mass is 414 g/mol. The second-order valence-electron chi connectivity index (χ2n) is 6.84. The Morgan fingerprint density at radius 2 is 1.92 bits per heavy atom. The van der Waals surface area contributed by atoms with Crippen LogP contribution < -0.4 is 10.2 Å². The fourth-order valence-electron chi connectivity index (χ4n) is 3.35. The first-order valence-electron chi connectivity index (χ1n) is 8.86. The maximum Gasteiger partial charge on any atom is 0.229 e. The minimum atomic E-state index is -0.337. The summed E-state index contributed by atoms with van der Waals surface area (Å²) in [7, 11) is 0. The third kappa shape index (κ3) is 3.83. The van der Waals surface area contributed by atoms with Crippen molar-refractivity contribution in [2.24, 2.45) is 5.92 Å². The number of hydrogen-bond donors (Lipinski definition) is 1. The van der Waals surface area contributed by atoms with E-state index in [1.54, 1.807) is 4.90 Å². The number of aryl methyl sites for hydroxylation is 3. The summed E-state index contributed by atoms with van der Waals surface area (Å²) in [5.74, 6) is -0.429. The Hall–Kier alpha value is -2.14. The molecule has 0 radical (unpaired) electrons. The van der Waals surface area contributed by atoms with Gasteiger partial charge in [0.05, 0.1) is 5.92 Å². The third-order valence-electron chi connectivity index (χ3n) is 4.85. The Morgan fingerprint density at radius 1 is 1.23 bits per heavy atom. The zero-order valence-corrected chi connectivity index (χ0v) is 16.9. The molecule has 0 spiro atoms. The normalized spacial score (nSPS) is 16.8. The van der Waals surface area contributed by atoms with E-state index in [1.165, 1.54) is 0 Å². The number of benzene rings is 2. The summed E-state index contributed by atoms with van der Waals surface area (Å²) in [6.45, 7) is 6.48. The lowest BCUT2D eigenvalue weighted by Gasteiger charge is -2.18. The fourth-order valence-corrected chi connectivity index (χ4v) is 3.97. The highest BCUT2D eigenvalue weighted by atomic mass is 79.9. The molecule has 4 nitrogen and oxygen atoms in total. The van der Waals surface area contributed by atoms with Crippen molar-refractivity contribution in [3.63, 3.8) is 0 Å². The zero-order chi connectivity index (χ0) is 18.8. The van der Waals surface area contributed by atoms with E-state index in [4.69, 9.17) is 0 Å². The van der Waals surface area contributed by atoms with E-state index in [1.807, 2.05) is 50.2 Å². The van der Waals surface area contributed by atoms with Crippen LogP contribution in [0.4, 0.5) is 11.4 Å². The minimum Gasteiger partial charge on any atom is -0.325 e. The van der Waals surface area contributed by atoms with Crippen molar-refractivity contribution in [3.05, 3.63) is 57.6 Å². The average Bonchev–Trinajstić information content (AvgIpc) is 2.99. The summed E-state index contributed by atoms with van der Waals surface area (Å²) in [5, 5.41) is 3.06. The maximum absolute atomic E-state index is 12.8. The number of amides is 2. The molecule has 5 heteroatoms. The predicted octanol–water partition coefficient (Wildman–Crippen LogP) is 4.62. The Labute approximate surface area is 162 Å². The van der Waals surface area contributed by atoms with Crippen LogP contribution in [0.5, 0.6) is 0 Å². The number of carbonyl (C=O) groups is 2. The molecule has 0 aliphatic carbocycles. The molecule has 1 N–H and O–H groups in total. The lowest BCUT2D eigenvalue weighted by Crippen LogP contribution is -2.28. The molecule has 1 fully saturated rings. The molecule has 1 aliphatic rings. The van der Waals surface area contributed by atoms with E-state index < -0.39 is 0 Å². The highest BCUT2D eigenvalue weighted by Gasteiger charge is 2.35. The zero-order valence-electron chi connectivity index (χ0n) is 15.3. The largest absolute Gasteiger partial charge is 0.325 e. The molecule has 1 atom stereocenters. The molecule has 2 aromatic rings. The van der Waals surface area contributed by atoms with Crippen LogP contribution in [0.15, 0.2) is 40.9 Å². The van der Waals surface area contributed by atoms with Gasteiger partial charge in [0.25, 0.3) is 0 Å². The SMILES string of the molecule is CCc1cc(Br)cc(C)c1NC(=O)C1CC(=O)N(c2ccc(C)cc2)C1. The molecule has 1 unspecified atom stereocenters. The van der Waals surface area contributed by atoms with Gasteiger partial charge in [-0.3, -0.25) is 9.59 Å². The summed E-state index contributed by atoms with van der Waals surface area (Å²) < 4.78 is 1.01. The van der Waals surface area contributed by atoms with Crippen molar-refractivity contribution in [2.75, 3.05) is 16.8 Å². The summed E-state index contributed by atoms with van der Waals surface area (Å²) in [6.07, 6.45) is 1.08. The van der Waals surface area contributed by atoms with Gasteiger partial charge in [0.2, 0.25) is 11.8 Å². The molecule has 136 valence electrons. The Morgan fingerprint density at radius 3 is 2.58 bits per heavy atom. The van der Waals surface area contributed by atoms with Crippen LogP contribution >= 0.6 is 15.9 Å². The second-order valence-corrected chi connectivity index (χ2v) is 7.76. The third-order valence-corrected chi connectivity index (χ3v) is 5.31. The Balaban J connectivity index is 1.76. The number of hydrogen-bond acceptors (Lipinski definition) is 2. The van der Waals surface area contributed by atoms with Crippen LogP contribution in [-0.2, 0) is 16.0 Å². The van der Waals surface area contributed by atoms with Gasteiger partial charge >= 0.3 is 0 Å². The second kappa shape index (κ2) is 7.62. The van der Waals surface area contributed by atoms with Crippen molar-refractivity contribution < 1.29 is 9.59 Å². The standard InChI is InChI=1S/C21H23BrN2O2/c1-4-15-10-17(22)9-14(3)20(15)23-21(26)16-11-19(25)24(12-16)18-7-5-13(2)6-8-18/h5-10,16H,4,11-12H2,1-3H3,(H,23,26). The summed E-state index contributed by atoms with van der Waals surface area (Å²) in [6, 6.07) is 11.8. The molecule has 26 heavy (non-hydrogen) atoms. The highest BCUT2D eigenvalue weighted by molar-refractivity contribution is 9.10. The first kappa shape index (κ1) is 18.6. The van der Waals surface area contributed by atoms with Gasteiger partial charge < -0.3 is 10.2 Å². The average molecular weight is 415 g/mol. The van der Waals surface area contributed by atoms with Crippen LogP contribution in [0.1, 0.15) is 30.0 Å². The topological polar surface area (TPSA) is 49.4 Å². The number of nitrogens with one attached hydrogen (secondary N) is 1. The van der Waals surface area contributed by atoms with Crippen molar-refractivity contribution in [1.29, 1.82) is 0 Å². The Kier molecular flexibility index (Phi) is 5.47. The Bertz CT molecular complexity index is 846. The molecular weight excluding hydrogens is 392 g/mol. The summed E-state index contributed by atoms with van der Waals surface area (Å²) in [4.78, 5) is 26.9. The van der Waals surface area contributed by atoms with Crippen LogP contribution in [0, 0.1) is 19.8 Å². The fraction of sp³-hybridized carbons (Fsp3) is 0.333. The van der Waals surface area contributed by atoms with Gasteiger partial charge in [-0.05, 0) is 55.7 Å². The number of carbonyl (C=O) groups excluding carboxylic acids is 2. The number of nitrogens with zero attached hydrogens (tertiary/aromatic N) is 1. The van der Waals surface area contributed by atoms with Crippen LogP contribution in [0.25, 0.3) is 0 Å². The maximum atomic E-state index is 12.8. The smallest absolute Gasteiger partial charge is 0.229 e. The highest BCUT2D eigenvalue weighted by Crippen LogP contribution is 2.29. The van der Waals surface area contributed by atoms with Crippen LogP contribution in [-0.4, -0.2) is 18.4 Å². The van der Waals surface area contributed by atoms with Crippen LogP contribution in [0.2, 0.25) is 0 Å². The molecule has 0 saturated carbocycles. The van der Waals surface area contributed by atoms with E-state index in [0.29, 0.717) is 6.54 Å². The predicted molar refractivity (Wildman–Crippen MR) is 109 cm³/mol. The van der Waals surface area contributed by atoms with E-state index in [0.717, 1.165) is 39.0 Å². The van der Waals surface area contributed by atoms with Crippen LogP contribution in [0.3, 0.4) is 0 Å². The van der Waals surface area contributed by atoms with E-state index in [2.05, 4.69) is 28.2 Å². The molecule has 3 rings (SSSR count). The number of rotatable bonds is 4. The summed E-state index contributed by atoms with van der Waals surface area (Å²) in [5.41, 5.74) is 4.97. The van der Waals surface area contributed by atoms with Gasteiger partial charge in [0.15, 0.2) is 0 Å². The van der Waals surface area contributed by atoms with Gasteiger partial charge in [-0.15, -0.1) is 0 Å². The molecule has 2 aromatic carbocycles. The van der Waals surface area contributed by atoms with Gasteiger partial charge in [0.1, 0.15) is 0 Å². The van der Waals surface area contributed by atoms with Gasteiger partial charge in [-0.2, -0.15) is 0 Å². The van der Waals surface area contributed by atoms with Gasteiger partial charge in [-0.1, -0.05) is 40.5 Å². The van der Waals surface area contributed by atoms with E-state index in [9.17, 15) is 9.59 Å². The molecule has 2 amide bonds. The minimum absolute atomic E-state index is 0.00255. The molecule has 0 aromatic heterocycles.